The molecule has 0 amide bonds. The van der Waals surface area contributed by atoms with Gasteiger partial charge >= 0.3 is 5.97 Å². The minimum Gasteiger partial charge on any atom is -0.478 e. The number of sulfonamides is 1. The van der Waals surface area contributed by atoms with Gasteiger partial charge in [-0.05, 0) is 12.1 Å². The highest BCUT2D eigenvalue weighted by Crippen LogP contribution is 2.29. The van der Waals surface area contributed by atoms with Crippen LogP contribution in [-0.2, 0) is 10.0 Å². The third-order valence-electron chi connectivity index (χ3n) is 1.95. The van der Waals surface area contributed by atoms with Crippen molar-refractivity contribution in [1.29, 1.82) is 0 Å². The van der Waals surface area contributed by atoms with E-state index in [-0.39, 0.29) is 5.02 Å². The third-order valence-corrected chi connectivity index (χ3v) is 4.14. The monoisotopic (exact) mass is 333 g/mol. The van der Waals surface area contributed by atoms with E-state index in [1.165, 1.54) is 0 Å². The molecule has 1 rings (SSSR count). The SMILES string of the molecule is O=C(O)c1cc(Cl)cc(S(=O)(=O)NCC(F)F)c1Cl. The Hall–Kier alpha value is -0.960. The van der Waals surface area contributed by atoms with Gasteiger partial charge in [0.15, 0.2) is 0 Å². The number of carbonyl (C=O) groups is 1. The molecule has 0 atom stereocenters. The molecular weight excluding hydrogens is 327 g/mol. The van der Waals surface area contributed by atoms with Crippen molar-refractivity contribution in [2.75, 3.05) is 6.54 Å². The fraction of sp³-hybridized carbons (Fsp3) is 0.222. The molecule has 0 spiro atoms. The van der Waals surface area contributed by atoms with Gasteiger partial charge in [0.1, 0.15) is 4.90 Å². The van der Waals surface area contributed by atoms with E-state index in [9.17, 15) is 22.0 Å². The number of carboxylic acid groups (broad SMARTS) is 1. The van der Waals surface area contributed by atoms with Gasteiger partial charge in [-0.1, -0.05) is 23.2 Å². The molecule has 1 aromatic rings. The fourth-order valence-corrected chi connectivity index (χ4v) is 3.07. The van der Waals surface area contributed by atoms with Gasteiger partial charge in [0, 0.05) is 5.02 Å². The van der Waals surface area contributed by atoms with Crippen LogP contribution in [0.25, 0.3) is 0 Å². The van der Waals surface area contributed by atoms with E-state index in [0.717, 1.165) is 12.1 Å². The van der Waals surface area contributed by atoms with Crippen molar-refractivity contribution >= 4 is 39.2 Å². The van der Waals surface area contributed by atoms with Crippen LogP contribution in [0.4, 0.5) is 8.78 Å². The van der Waals surface area contributed by atoms with Crippen LogP contribution in [-0.4, -0.2) is 32.5 Å². The number of rotatable bonds is 5. The number of halogens is 4. The number of benzene rings is 1. The average molecular weight is 334 g/mol. The minimum absolute atomic E-state index is 0.195. The van der Waals surface area contributed by atoms with Crippen molar-refractivity contribution < 1.29 is 27.1 Å². The third kappa shape index (κ3) is 4.00. The Morgan fingerprint density at radius 3 is 2.42 bits per heavy atom. The van der Waals surface area contributed by atoms with Crippen molar-refractivity contribution in [1.82, 2.24) is 4.72 Å². The van der Waals surface area contributed by atoms with Crippen LogP contribution in [0.5, 0.6) is 0 Å². The van der Waals surface area contributed by atoms with Crippen LogP contribution in [0, 0.1) is 0 Å². The lowest BCUT2D eigenvalue weighted by molar-refractivity contribution is 0.0696. The molecule has 0 radical (unpaired) electrons. The molecule has 106 valence electrons. The molecule has 10 heteroatoms. The maximum Gasteiger partial charge on any atom is 0.337 e. The molecule has 0 heterocycles. The molecule has 0 aliphatic rings. The molecule has 0 aliphatic heterocycles. The molecule has 0 unspecified atom stereocenters. The fourth-order valence-electron chi connectivity index (χ4n) is 1.17. The predicted molar refractivity (Wildman–Crippen MR) is 64.6 cm³/mol. The number of aromatic carboxylic acids is 1. The zero-order chi connectivity index (χ0) is 14.8. The minimum atomic E-state index is -4.37. The second-order valence-corrected chi connectivity index (χ2v) is 5.86. The van der Waals surface area contributed by atoms with E-state index < -0.39 is 44.4 Å². The van der Waals surface area contributed by atoms with Gasteiger partial charge in [0.25, 0.3) is 6.43 Å². The van der Waals surface area contributed by atoms with Gasteiger partial charge in [-0.25, -0.2) is 26.7 Å². The second-order valence-electron chi connectivity index (χ2n) is 3.31. The van der Waals surface area contributed by atoms with Crippen molar-refractivity contribution in [2.24, 2.45) is 0 Å². The topological polar surface area (TPSA) is 83.5 Å². The van der Waals surface area contributed by atoms with E-state index in [2.05, 4.69) is 0 Å². The lowest BCUT2D eigenvalue weighted by Crippen LogP contribution is -2.29. The van der Waals surface area contributed by atoms with Crippen LogP contribution in [0.3, 0.4) is 0 Å². The summed E-state index contributed by atoms with van der Waals surface area (Å²) in [5, 5.41) is 8.03. The molecule has 1 aromatic carbocycles. The Morgan fingerprint density at radius 2 is 1.95 bits per heavy atom. The summed E-state index contributed by atoms with van der Waals surface area (Å²) in [6, 6.07) is 1.84. The summed E-state index contributed by atoms with van der Waals surface area (Å²) in [6.45, 7) is -1.12. The van der Waals surface area contributed by atoms with Crippen molar-refractivity contribution in [3.05, 3.63) is 27.7 Å². The molecule has 19 heavy (non-hydrogen) atoms. The summed E-state index contributed by atoms with van der Waals surface area (Å²) in [5.41, 5.74) is -0.536. The second kappa shape index (κ2) is 6.00. The van der Waals surface area contributed by atoms with E-state index in [1.54, 1.807) is 4.72 Å². The summed E-state index contributed by atoms with van der Waals surface area (Å²) in [6.07, 6.45) is -2.90. The number of carboxylic acids is 1. The molecule has 0 saturated heterocycles. The van der Waals surface area contributed by atoms with Crippen molar-refractivity contribution in [2.45, 2.75) is 11.3 Å². The van der Waals surface area contributed by atoms with Crippen molar-refractivity contribution in [3.8, 4) is 0 Å². The van der Waals surface area contributed by atoms with Crippen LogP contribution in [0.15, 0.2) is 17.0 Å². The summed E-state index contributed by atoms with van der Waals surface area (Å²) < 4.78 is 49.0. The number of nitrogens with one attached hydrogen (secondary N) is 1. The van der Waals surface area contributed by atoms with E-state index in [1.807, 2.05) is 0 Å². The maximum atomic E-state index is 12.0. The first-order valence-corrected chi connectivity index (χ1v) is 6.89. The quantitative estimate of drug-likeness (QED) is 0.865. The molecule has 0 bridgehead atoms. The highest BCUT2D eigenvalue weighted by atomic mass is 35.5. The zero-order valence-corrected chi connectivity index (χ0v) is 11.4. The van der Waals surface area contributed by atoms with Gasteiger partial charge in [-0.15, -0.1) is 0 Å². The van der Waals surface area contributed by atoms with E-state index in [4.69, 9.17) is 28.3 Å². The van der Waals surface area contributed by atoms with Gasteiger partial charge in [0.2, 0.25) is 10.0 Å². The first kappa shape index (κ1) is 16.1. The highest BCUT2D eigenvalue weighted by molar-refractivity contribution is 7.89. The van der Waals surface area contributed by atoms with Crippen molar-refractivity contribution in [3.63, 3.8) is 0 Å². The largest absolute Gasteiger partial charge is 0.478 e. The summed E-state index contributed by atoms with van der Waals surface area (Å²) in [7, 11) is -4.37. The van der Waals surface area contributed by atoms with E-state index >= 15 is 0 Å². The lowest BCUT2D eigenvalue weighted by Gasteiger charge is -2.10. The van der Waals surface area contributed by atoms with Crippen LogP contribution < -0.4 is 4.72 Å². The Kier molecular flexibility index (Phi) is 5.08. The number of hydrogen-bond donors (Lipinski definition) is 2. The molecule has 2 N–H and O–H groups in total. The summed E-state index contributed by atoms with van der Waals surface area (Å²) in [4.78, 5) is 10.2. The first-order chi connectivity index (χ1) is 8.65. The smallest absolute Gasteiger partial charge is 0.337 e. The standard InChI is InChI=1S/C9H7Cl2F2NO4S/c10-4-1-5(9(15)16)8(11)6(2-4)19(17,18)14-3-7(12)13/h1-2,7,14H,3H2,(H,15,16). The average Bonchev–Trinajstić information content (AvgIpc) is 2.28. The Bertz CT molecular complexity index is 606. The first-order valence-electron chi connectivity index (χ1n) is 4.65. The molecule has 0 saturated carbocycles. The van der Waals surface area contributed by atoms with Crippen LogP contribution in [0.1, 0.15) is 10.4 Å². The maximum absolute atomic E-state index is 12.0. The molecule has 0 aromatic heterocycles. The van der Waals surface area contributed by atoms with Gasteiger partial charge in [0.05, 0.1) is 17.1 Å². The summed E-state index contributed by atoms with van der Waals surface area (Å²) in [5.74, 6) is -1.49. The summed E-state index contributed by atoms with van der Waals surface area (Å²) >= 11 is 11.2. The Morgan fingerprint density at radius 1 is 1.37 bits per heavy atom. The number of hydrogen-bond acceptors (Lipinski definition) is 3. The van der Waals surface area contributed by atoms with Crippen LogP contribution >= 0.6 is 23.2 Å². The van der Waals surface area contributed by atoms with Gasteiger partial charge < -0.3 is 5.11 Å². The zero-order valence-electron chi connectivity index (χ0n) is 9.03. The van der Waals surface area contributed by atoms with Gasteiger partial charge in [-0.3, -0.25) is 0 Å². The normalized spacial score (nSPS) is 11.8. The predicted octanol–water partition coefficient (Wildman–Crippen LogP) is 2.24. The molecule has 0 fully saturated rings. The Balaban J connectivity index is 3.31. The highest BCUT2D eigenvalue weighted by Gasteiger charge is 2.24. The van der Waals surface area contributed by atoms with Gasteiger partial charge in [-0.2, -0.15) is 0 Å². The molecule has 5 nitrogen and oxygen atoms in total. The lowest BCUT2D eigenvalue weighted by atomic mass is 10.2. The van der Waals surface area contributed by atoms with Crippen LogP contribution in [0.2, 0.25) is 10.0 Å². The molecule has 0 aliphatic carbocycles. The number of alkyl halides is 2. The Labute approximate surface area is 117 Å². The molecular formula is C9H7Cl2F2NO4S. The van der Waals surface area contributed by atoms with E-state index in [0.29, 0.717) is 0 Å².